The van der Waals surface area contributed by atoms with Gasteiger partial charge in [0.25, 0.3) is 0 Å². The van der Waals surface area contributed by atoms with Gasteiger partial charge in [0, 0.05) is 90.4 Å². The molecule has 0 fully saturated rings. The van der Waals surface area contributed by atoms with Crippen molar-refractivity contribution in [1.82, 2.24) is 0 Å². The minimum atomic E-state index is -0.549. The van der Waals surface area contributed by atoms with E-state index in [1.165, 1.54) is 0 Å². The van der Waals surface area contributed by atoms with Gasteiger partial charge in [-0.25, -0.2) is 0 Å². The molecule has 8 bridgehead atoms. The van der Waals surface area contributed by atoms with Gasteiger partial charge in [0.05, 0.1) is 0 Å². The molecule has 4 aromatic carbocycles. The first kappa shape index (κ1) is 46.3. The lowest BCUT2D eigenvalue weighted by Gasteiger charge is -2.31. The number of rotatable bonds is 16. The second kappa shape index (κ2) is 20.2. The molecule has 8 nitrogen and oxygen atoms in total. The Kier molecular flexibility index (Phi) is 15.6. The smallest absolute Gasteiger partial charge is 0.126 e. The highest BCUT2D eigenvalue weighted by Crippen LogP contribution is 2.55. The van der Waals surface area contributed by atoms with E-state index in [9.17, 15) is 40.9 Å². The molecular weight excluding hydrogens is 753 g/mol. The average molecular weight is 825 g/mol. The lowest BCUT2D eigenvalue weighted by atomic mass is 9.74. The molecule has 8 N–H and O–H groups in total. The van der Waals surface area contributed by atoms with Crippen LogP contribution >= 0.6 is 0 Å². The Bertz CT molecular complexity index is 1720. The Morgan fingerprint density at radius 2 is 0.433 bits per heavy atom. The molecule has 4 aromatic rings. The molecular formula is C52H72O8. The van der Waals surface area contributed by atoms with Crippen molar-refractivity contribution in [2.45, 2.75) is 182 Å². The maximum absolute atomic E-state index is 12.1. The van der Waals surface area contributed by atoms with E-state index in [1.807, 2.05) is 24.3 Å². The Labute approximate surface area is 358 Å². The summed E-state index contributed by atoms with van der Waals surface area (Å²) in [6.45, 7) is 15.3. The van der Waals surface area contributed by atoms with Crippen molar-refractivity contribution in [3.05, 3.63) is 91.0 Å². The third-order valence-corrected chi connectivity index (χ3v) is 13.7. The van der Waals surface area contributed by atoms with Crippen LogP contribution in [0, 0.1) is 27.7 Å². The summed E-state index contributed by atoms with van der Waals surface area (Å²) in [5.74, 6) is -2.78. The van der Waals surface area contributed by atoms with E-state index < -0.39 is 23.7 Å². The summed E-state index contributed by atoms with van der Waals surface area (Å²) in [6.07, 6.45) is 12.8. The lowest BCUT2D eigenvalue weighted by Crippen LogP contribution is -2.13. The molecule has 0 radical (unpaired) electrons. The molecule has 0 amide bonds. The summed E-state index contributed by atoms with van der Waals surface area (Å²) in [5.41, 5.74) is 5.49. The average Bonchev–Trinajstić information content (AvgIpc) is 3.23. The van der Waals surface area contributed by atoms with Crippen LogP contribution in [0.15, 0.2) is 24.3 Å². The topological polar surface area (TPSA) is 162 Å². The first-order valence-electron chi connectivity index (χ1n) is 22.9. The molecule has 1 aliphatic rings. The zero-order chi connectivity index (χ0) is 44.0. The van der Waals surface area contributed by atoms with Crippen LogP contribution in [0.1, 0.15) is 221 Å². The molecule has 0 spiro atoms. The van der Waals surface area contributed by atoms with Crippen molar-refractivity contribution >= 4 is 0 Å². The molecule has 0 unspecified atom stereocenters. The van der Waals surface area contributed by atoms with Crippen LogP contribution < -0.4 is 0 Å². The number of phenolic OH excluding ortho intramolecular Hbond substituents is 8. The Hall–Kier alpha value is -4.72. The van der Waals surface area contributed by atoms with E-state index in [1.54, 1.807) is 27.7 Å². The standard InChI is InChI=1S/C52H72O8/c1-9-13-17-21-33-37-25-39(47(55)29(5)45(37)53)34(22-18-14-10-2)41-27-43(51(59)31(7)49(41)57)36(24-20-16-12-4)44-28-42(50(58)32(8)52(44)60)35(23-19-15-11-3)40-26-38(33)46(54)30(6)48(40)56/h25-28,33-36,53-60H,9-24H2,1-8H3. The molecule has 5 rings (SSSR count). The van der Waals surface area contributed by atoms with Crippen molar-refractivity contribution in [3.8, 4) is 46.0 Å². The summed E-state index contributed by atoms with van der Waals surface area (Å²) < 4.78 is 0. The minimum Gasteiger partial charge on any atom is -0.507 e. The van der Waals surface area contributed by atoms with Crippen LogP contribution in [0.25, 0.3) is 0 Å². The molecule has 8 heteroatoms. The van der Waals surface area contributed by atoms with Crippen LogP contribution in [0.5, 0.6) is 46.0 Å². The van der Waals surface area contributed by atoms with Gasteiger partial charge in [0.1, 0.15) is 46.0 Å². The zero-order valence-corrected chi connectivity index (χ0v) is 37.5. The van der Waals surface area contributed by atoms with Crippen LogP contribution in [-0.2, 0) is 0 Å². The summed E-state index contributed by atoms with van der Waals surface area (Å²) in [5, 5.41) is 96.5. The van der Waals surface area contributed by atoms with Crippen molar-refractivity contribution in [2.24, 2.45) is 0 Å². The molecule has 0 saturated heterocycles. The second-order valence-electron chi connectivity index (χ2n) is 17.7. The molecule has 0 atom stereocenters. The maximum Gasteiger partial charge on any atom is 0.126 e. The van der Waals surface area contributed by atoms with Gasteiger partial charge in [-0.3, -0.25) is 0 Å². The van der Waals surface area contributed by atoms with E-state index in [0.29, 0.717) is 92.4 Å². The van der Waals surface area contributed by atoms with E-state index in [2.05, 4.69) is 27.7 Å². The highest BCUT2D eigenvalue weighted by atomic mass is 16.3. The first-order valence-corrected chi connectivity index (χ1v) is 22.9. The molecule has 60 heavy (non-hydrogen) atoms. The maximum atomic E-state index is 12.1. The molecule has 0 aliphatic heterocycles. The van der Waals surface area contributed by atoms with Gasteiger partial charge in [0.15, 0.2) is 0 Å². The predicted molar refractivity (Wildman–Crippen MR) is 242 cm³/mol. The quantitative estimate of drug-likeness (QED) is 0.0518. The predicted octanol–water partition coefficient (Wildman–Crippen LogP) is 13.7. The van der Waals surface area contributed by atoms with Gasteiger partial charge in [-0.2, -0.15) is 0 Å². The van der Waals surface area contributed by atoms with Crippen LogP contribution in [0.4, 0.5) is 0 Å². The van der Waals surface area contributed by atoms with Gasteiger partial charge in [0.2, 0.25) is 0 Å². The number of phenols is 8. The first-order chi connectivity index (χ1) is 28.7. The summed E-state index contributed by atoms with van der Waals surface area (Å²) in [4.78, 5) is 0. The van der Waals surface area contributed by atoms with E-state index in [-0.39, 0.29) is 46.0 Å². The van der Waals surface area contributed by atoms with E-state index in [0.717, 1.165) is 77.0 Å². The SMILES string of the molecule is CCCCCC1c2cc(c(O)c(C)c2O)C(CCCCC)c2cc(c(O)c(C)c2O)C(CCCCC)c2cc(c(O)c(C)c2O)C(CCCCC)c2cc1c(O)c(C)c2O. The molecule has 0 heterocycles. The Balaban J connectivity index is 2.03. The van der Waals surface area contributed by atoms with Gasteiger partial charge in [-0.1, -0.05) is 105 Å². The zero-order valence-electron chi connectivity index (χ0n) is 37.5. The number of aromatic hydroxyl groups is 8. The van der Waals surface area contributed by atoms with Crippen LogP contribution in [0.3, 0.4) is 0 Å². The third kappa shape index (κ3) is 8.99. The van der Waals surface area contributed by atoms with Gasteiger partial charge >= 0.3 is 0 Å². The Morgan fingerprint density at radius 3 is 0.567 bits per heavy atom. The van der Waals surface area contributed by atoms with Crippen molar-refractivity contribution in [2.75, 3.05) is 0 Å². The Morgan fingerprint density at radius 1 is 0.283 bits per heavy atom. The monoisotopic (exact) mass is 825 g/mol. The number of benzene rings is 4. The van der Waals surface area contributed by atoms with Gasteiger partial charge in [-0.05, 0) is 77.6 Å². The third-order valence-electron chi connectivity index (χ3n) is 13.7. The highest BCUT2D eigenvalue weighted by molar-refractivity contribution is 5.67. The fraction of sp³-hybridized carbons (Fsp3) is 0.538. The number of hydrogen-bond donors (Lipinski definition) is 8. The molecule has 0 saturated carbocycles. The molecule has 328 valence electrons. The highest BCUT2D eigenvalue weighted by Gasteiger charge is 2.35. The number of hydrogen-bond acceptors (Lipinski definition) is 8. The normalized spacial score (nSPS) is 17.6. The van der Waals surface area contributed by atoms with Gasteiger partial charge in [-0.15, -0.1) is 0 Å². The van der Waals surface area contributed by atoms with Crippen LogP contribution in [0.2, 0.25) is 0 Å². The van der Waals surface area contributed by atoms with Crippen LogP contribution in [-0.4, -0.2) is 40.9 Å². The van der Waals surface area contributed by atoms with Crippen molar-refractivity contribution < 1.29 is 40.9 Å². The van der Waals surface area contributed by atoms with Crippen molar-refractivity contribution in [3.63, 3.8) is 0 Å². The number of unbranched alkanes of at least 4 members (excludes halogenated alkanes) is 8. The van der Waals surface area contributed by atoms with E-state index in [4.69, 9.17) is 0 Å². The number of fused-ring (bicyclic) bond motifs is 8. The fourth-order valence-electron chi connectivity index (χ4n) is 9.83. The lowest BCUT2D eigenvalue weighted by molar-refractivity contribution is 0.412. The van der Waals surface area contributed by atoms with E-state index >= 15 is 0 Å². The fourth-order valence-corrected chi connectivity index (χ4v) is 9.83. The molecule has 1 aliphatic carbocycles. The molecule has 0 aromatic heterocycles. The van der Waals surface area contributed by atoms with Crippen molar-refractivity contribution in [1.29, 1.82) is 0 Å². The largest absolute Gasteiger partial charge is 0.507 e. The second-order valence-corrected chi connectivity index (χ2v) is 17.7. The summed E-state index contributed by atoms with van der Waals surface area (Å²) >= 11 is 0. The van der Waals surface area contributed by atoms with Gasteiger partial charge < -0.3 is 40.9 Å². The summed E-state index contributed by atoms with van der Waals surface area (Å²) in [6, 6.07) is 7.39. The summed E-state index contributed by atoms with van der Waals surface area (Å²) in [7, 11) is 0. The minimum absolute atomic E-state index is 0.0726.